The number of benzene rings is 1. The Kier molecular flexibility index (Phi) is 10.8. The third-order valence-corrected chi connectivity index (χ3v) is 6.74. The number of carboxylic acid groups (broad SMARTS) is 1. The summed E-state index contributed by atoms with van der Waals surface area (Å²) < 4.78 is 42.5. The van der Waals surface area contributed by atoms with Crippen molar-refractivity contribution in [1.29, 1.82) is 5.41 Å². The van der Waals surface area contributed by atoms with Crippen LogP contribution in [0, 0.1) is 16.7 Å². The van der Waals surface area contributed by atoms with Crippen molar-refractivity contribution in [3.05, 3.63) is 45.1 Å². The van der Waals surface area contributed by atoms with E-state index in [-0.39, 0.29) is 47.3 Å². The molecular formula is C26H32Cl2F3N3O4. The minimum absolute atomic E-state index is 0.0459. The van der Waals surface area contributed by atoms with Gasteiger partial charge in [0, 0.05) is 25.2 Å². The number of allylic oxidation sites excluding steroid dienone is 1. The van der Waals surface area contributed by atoms with E-state index in [0.29, 0.717) is 19.1 Å². The molecule has 0 heterocycles. The number of amides is 1. The zero-order valence-corrected chi connectivity index (χ0v) is 22.9. The summed E-state index contributed by atoms with van der Waals surface area (Å²) in [6.07, 6.45) is -3.28. The van der Waals surface area contributed by atoms with Crippen molar-refractivity contribution in [2.24, 2.45) is 11.3 Å². The first-order chi connectivity index (χ1) is 17.5. The Morgan fingerprint density at radius 1 is 1.11 bits per heavy atom. The lowest BCUT2D eigenvalue weighted by Gasteiger charge is -2.33. The van der Waals surface area contributed by atoms with E-state index in [2.05, 4.69) is 5.32 Å². The largest absolute Gasteiger partial charge is 0.481 e. The number of carbonyl (C=O) groups is 3. The molecule has 1 aromatic rings. The maximum atomic E-state index is 14.2. The molecule has 0 saturated heterocycles. The van der Waals surface area contributed by atoms with E-state index in [1.807, 2.05) is 0 Å². The molecule has 0 radical (unpaired) electrons. The van der Waals surface area contributed by atoms with Crippen molar-refractivity contribution in [3.63, 3.8) is 0 Å². The van der Waals surface area contributed by atoms with E-state index in [1.54, 1.807) is 20.8 Å². The fourth-order valence-corrected chi connectivity index (χ4v) is 5.08. The number of nitrogens with one attached hydrogen (secondary N) is 2. The molecule has 1 aromatic carbocycles. The summed E-state index contributed by atoms with van der Waals surface area (Å²) in [5, 5.41) is 19.2. The molecule has 210 valence electrons. The number of nitrogens with zero attached hydrogens (tertiary/aromatic N) is 1. The average molecular weight is 578 g/mol. The van der Waals surface area contributed by atoms with E-state index >= 15 is 0 Å². The van der Waals surface area contributed by atoms with Gasteiger partial charge in [0.15, 0.2) is 5.78 Å². The van der Waals surface area contributed by atoms with Gasteiger partial charge in [0.2, 0.25) is 0 Å². The van der Waals surface area contributed by atoms with Crippen molar-refractivity contribution in [3.8, 4) is 0 Å². The summed E-state index contributed by atoms with van der Waals surface area (Å²) in [5.74, 6) is -2.87. The topological polar surface area (TPSA) is 111 Å². The van der Waals surface area contributed by atoms with Crippen LogP contribution < -0.4 is 5.32 Å². The molecule has 0 aliphatic heterocycles. The first-order valence-electron chi connectivity index (χ1n) is 12.1. The monoisotopic (exact) mass is 577 g/mol. The standard InChI is InChI=1S/C26H32Cl2F3N3O4/c1-25(2,3)14-34(13-20(35)22-18(27)5-4-6-19(22)28)24(38)17(12-32)23(26(29,30)31)33-16-9-7-15(8-10-16)11-21(36)37/h4-6,12,15-16,32-33H,7-11,13-14H2,1-3H3,(H,36,37)/b23-17+,32-12?/t15-,16+. The van der Waals surface area contributed by atoms with Crippen LogP contribution in [-0.2, 0) is 9.59 Å². The fourth-order valence-electron chi connectivity index (χ4n) is 4.47. The maximum absolute atomic E-state index is 14.2. The number of hydrogen-bond acceptors (Lipinski definition) is 5. The highest BCUT2D eigenvalue weighted by Gasteiger charge is 2.41. The van der Waals surface area contributed by atoms with Crippen molar-refractivity contribution in [2.45, 2.75) is 65.1 Å². The Hall–Kier alpha value is -2.59. The van der Waals surface area contributed by atoms with Crippen molar-refractivity contribution >= 4 is 47.1 Å². The van der Waals surface area contributed by atoms with Crippen molar-refractivity contribution < 1.29 is 32.7 Å². The Morgan fingerprint density at radius 3 is 2.11 bits per heavy atom. The van der Waals surface area contributed by atoms with Gasteiger partial charge in [-0.1, -0.05) is 50.0 Å². The van der Waals surface area contributed by atoms with Crippen LogP contribution in [0.2, 0.25) is 10.0 Å². The summed E-state index contributed by atoms with van der Waals surface area (Å²) in [7, 11) is 0. The van der Waals surface area contributed by atoms with Gasteiger partial charge in [-0.05, 0) is 49.1 Å². The lowest BCUT2D eigenvalue weighted by atomic mass is 9.84. The third kappa shape index (κ3) is 9.01. The molecule has 7 nitrogen and oxygen atoms in total. The zero-order chi connectivity index (χ0) is 28.8. The summed E-state index contributed by atoms with van der Waals surface area (Å²) in [6, 6.07) is 3.76. The Balaban J connectivity index is 2.40. The van der Waals surface area contributed by atoms with Gasteiger partial charge in [0.1, 0.15) is 5.70 Å². The summed E-state index contributed by atoms with van der Waals surface area (Å²) in [5.41, 5.74) is -2.93. The number of ketones is 1. The van der Waals surface area contributed by atoms with Crippen molar-refractivity contribution in [2.75, 3.05) is 13.1 Å². The average Bonchev–Trinajstić information content (AvgIpc) is 2.77. The van der Waals surface area contributed by atoms with Crippen LogP contribution in [0.25, 0.3) is 0 Å². The molecule has 3 N–H and O–H groups in total. The van der Waals surface area contributed by atoms with Gasteiger partial charge in [0.25, 0.3) is 5.91 Å². The Bertz CT molecular complexity index is 1070. The number of carboxylic acids is 1. The van der Waals surface area contributed by atoms with Crippen LogP contribution in [0.1, 0.15) is 63.2 Å². The molecule has 0 aromatic heterocycles. The molecule has 1 aliphatic carbocycles. The summed E-state index contributed by atoms with van der Waals surface area (Å²) in [6.45, 7) is 4.59. The Morgan fingerprint density at radius 2 is 1.66 bits per heavy atom. The first kappa shape index (κ1) is 31.6. The molecule has 0 atom stereocenters. The second kappa shape index (κ2) is 13.0. The minimum atomic E-state index is -4.98. The first-order valence-corrected chi connectivity index (χ1v) is 12.9. The predicted molar refractivity (Wildman–Crippen MR) is 140 cm³/mol. The number of Topliss-reactive ketones (excluding diaryl/α,β-unsaturated/α-hetero) is 1. The molecule has 0 unspecified atom stereocenters. The van der Waals surface area contributed by atoms with Gasteiger partial charge < -0.3 is 20.7 Å². The molecule has 1 saturated carbocycles. The second-order valence-corrected chi connectivity index (χ2v) is 11.4. The molecule has 0 spiro atoms. The molecule has 1 amide bonds. The fraction of sp³-hybridized carbons (Fsp3) is 0.538. The SMILES string of the molecule is CC(C)(C)CN(CC(=O)c1c(Cl)cccc1Cl)C(=O)/C(C=N)=C(/N[C@H]1CC[C@@H](CC(=O)O)CC1)C(F)(F)F. The highest BCUT2D eigenvalue weighted by molar-refractivity contribution is 6.40. The Labute approximate surface area is 229 Å². The van der Waals surface area contributed by atoms with Crippen LogP contribution in [0.3, 0.4) is 0 Å². The van der Waals surface area contributed by atoms with Crippen molar-refractivity contribution in [1.82, 2.24) is 10.2 Å². The van der Waals surface area contributed by atoms with Crippen LogP contribution in [-0.4, -0.2) is 59.2 Å². The molecule has 38 heavy (non-hydrogen) atoms. The molecular weight excluding hydrogens is 546 g/mol. The van der Waals surface area contributed by atoms with Crippen LogP contribution in [0.5, 0.6) is 0 Å². The summed E-state index contributed by atoms with van der Waals surface area (Å²) >= 11 is 12.2. The lowest BCUT2D eigenvalue weighted by Crippen LogP contribution is -2.45. The minimum Gasteiger partial charge on any atom is -0.481 e. The van der Waals surface area contributed by atoms with Crippen LogP contribution in [0.4, 0.5) is 13.2 Å². The molecule has 12 heteroatoms. The zero-order valence-electron chi connectivity index (χ0n) is 21.4. The molecule has 1 aliphatic rings. The summed E-state index contributed by atoms with van der Waals surface area (Å²) in [4.78, 5) is 38.5. The predicted octanol–water partition coefficient (Wildman–Crippen LogP) is 6.14. The van der Waals surface area contributed by atoms with E-state index in [1.165, 1.54) is 18.2 Å². The molecule has 2 rings (SSSR count). The van der Waals surface area contributed by atoms with Crippen LogP contribution in [0.15, 0.2) is 29.5 Å². The van der Waals surface area contributed by atoms with E-state index in [9.17, 15) is 27.6 Å². The van der Waals surface area contributed by atoms with Gasteiger partial charge in [-0.25, -0.2) is 0 Å². The van der Waals surface area contributed by atoms with E-state index < -0.39 is 53.1 Å². The van der Waals surface area contributed by atoms with Gasteiger partial charge in [-0.3, -0.25) is 14.4 Å². The normalized spacial score (nSPS) is 18.8. The molecule has 0 bridgehead atoms. The number of alkyl halides is 3. The quantitative estimate of drug-likeness (QED) is 0.176. The smallest absolute Gasteiger partial charge is 0.431 e. The lowest BCUT2D eigenvalue weighted by molar-refractivity contribution is -0.138. The van der Waals surface area contributed by atoms with E-state index in [0.717, 1.165) is 4.90 Å². The number of rotatable bonds is 10. The highest BCUT2D eigenvalue weighted by atomic mass is 35.5. The number of carbonyl (C=O) groups excluding carboxylic acids is 2. The number of aliphatic carboxylic acids is 1. The van der Waals surface area contributed by atoms with Gasteiger partial charge >= 0.3 is 12.1 Å². The highest BCUT2D eigenvalue weighted by Crippen LogP contribution is 2.32. The van der Waals surface area contributed by atoms with Gasteiger partial charge in [0.05, 0.1) is 27.7 Å². The molecule has 1 fully saturated rings. The maximum Gasteiger partial charge on any atom is 0.431 e. The number of halogens is 5. The van der Waals surface area contributed by atoms with Gasteiger partial charge in [-0.15, -0.1) is 0 Å². The van der Waals surface area contributed by atoms with E-state index in [4.69, 9.17) is 33.7 Å². The second-order valence-electron chi connectivity index (χ2n) is 10.6. The van der Waals surface area contributed by atoms with Gasteiger partial charge in [-0.2, -0.15) is 13.2 Å². The van der Waals surface area contributed by atoms with Crippen LogP contribution >= 0.6 is 23.2 Å². The number of hydrogen-bond donors (Lipinski definition) is 3. The third-order valence-electron chi connectivity index (χ3n) is 6.11.